The molecule has 0 aliphatic heterocycles. The molecule has 0 aromatic carbocycles. The minimum Gasteiger partial charge on any atom is -0.352 e. The molecule has 78 valence electrons. The molecule has 0 bridgehead atoms. The van der Waals surface area contributed by atoms with Crippen molar-refractivity contribution in [3.63, 3.8) is 0 Å². The van der Waals surface area contributed by atoms with Crippen molar-refractivity contribution in [3.8, 4) is 0 Å². The fourth-order valence-electron chi connectivity index (χ4n) is 0.980. The van der Waals surface area contributed by atoms with E-state index in [-0.39, 0.29) is 5.91 Å². The maximum Gasteiger partial charge on any atom is 0.255 e. The molecule has 0 atom stereocenters. The second-order valence-corrected chi connectivity index (χ2v) is 4.73. The molecule has 1 rings (SSSR count). The number of rotatable bonds is 4. The highest BCUT2D eigenvalue weighted by atomic mass is 35.5. The molecular formula is C9H11Cl2NOS. The normalized spacial score (nSPS) is 10.2. The first-order valence-electron chi connectivity index (χ1n) is 4.37. The van der Waals surface area contributed by atoms with E-state index in [1.54, 1.807) is 5.38 Å². The molecule has 5 heteroatoms. The van der Waals surface area contributed by atoms with Gasteiger partial charge in [-0.3, -0.25) is 4.79 Å². The van der Waals surface area contributed by atoms with Crippen LogP contribution in [0.2, 0.25) is 9.36 Å². The molecule has 0 saturated carbocycles. The van der Waals surface area contributed by atoms with E-state index in [1.165, 1.54) is 11.3 Å². The van der Waals surface area contributed by atoms with Gasteiger partial charge in [0.2, 0.25) is 0 Å². The number of carbonyl (C=O) groups excluding carboxylic acids is 1. The molecule has 0 radical (unpaired) electrons. The lowest BCUT2D eigenvalue weighted by Gasteiger charge is -2.03. The summed E-state index contributed by atoms with van der Waals surface area (Å²) in [6, 6.07) is 0. The van der Waals surface area contributed by atoms with Crippen molar-refractivity contribution in [3.05, 3.63) is 20.3 Å². The van der Waals surface area contributed by atoms with Crippen molar-refractivity contribution in [2.45, 2.75) is 19.8 Å². The summed E-state index contributed by atoms with van der Waals surface area (Å²) in [5.41, 5.74) is 0.398. The Hall–Kier alpha value is -0.250. The Bertz CT molecular complexity index is 305. The largest absolute Gasteiger partial charge is 0.352 e. The van der Waals surface area contributed by atoms with Crippen molar-refractivity contribution in [1.29, 1.82) is 0 Å². The predicted molar refractivity (Wildman–Crippen MR) is 61.6 cm³/mol. The van der Waals surface area contributed by atoms with E-state index >= 15 is 0 Å². The van der Waals surface area contributed by atoms with Crippen LogP contribution < -0.4 is 5.32 Å². The number of hydrogen-bond acceptors (Lipinski definition) is 2. The first-order chi connectivity index (χ1) is 6.66. The van der Waals surface area contributed by atoms with Crippen molar-refractivity contribution >= 4 is 40.4 Å². The molecule has 1 amide bonds. The predicted octanol–water partition coefficient (Wildman–Crippen LogP) is 3.58. The third kappa shape index (κ3) is 2.87. The molecule has 1 N–H and O–H groups in total. The first kappa shape index (κ1) is 11.8. The van der Waals surface area contributed by atoms with E-state index in [0.717, 1.165) is 12.8 Å². The highest BCUT2D eigenvalue weighted by molar-refractivity contribution is 7.15. The fraction of sp³-hybridized carbons (Fsp3) is 0.444. The summed E-state index contributed by atoms with van der Waals surface area (Å²) in [7, 11) is 0. The number of nitrogens with one attached hydrogen (secondary N) is 1. The van der Waals surface area contributed by atoms with Crippen molar-refractivity contribution in [2.75, 3.05) is 6.54 Å². The SMILES string of the molecule is CCCCNC(=O)c1c(Cl)csc1Cl. The number of carbonyl (C=O) groups is 1. The van der Waals surface area contributed by atoms with Crippen LogP contribution in [0.1, 0.15) is 30.1 Å². The standard InChI is InChI=1S/C9H11Cl2NOS/c1-2-3-4-12-9(13)7-6(10)5-14-8(7)11/h5H,2-4H2,1H3,(H,12,13). The molecule has 2 nitrogen and oxygen atoms in total. The molecule has 1 aromatic heterocycles. The average molecular weight is 252 g/mol. The Balaban J connectivity index is 2.60. The lowest BCUT2D eigenvalue weighted by molar-refractivity contribution is 0.0954. The smallest absolute Gasteiger partial charge is 0.255 e. The molecule has 0 aliphatic rings. The van der Waals surface area contributed by atoms with Crippen molar-refractivity contribution < 1.29 is 4.79 Å². The number of unbranched alkanes of at least 4 members (excludes halogenated alkanes) is 1. The van der Waals surface area contributed by atoms with E-state index in [9.17, 15) is 4.79 Å². The maximum absolute atomic E-state index is 11.5. The summed E-state index contributed by atoms with van der Waals surface area (Å²) in [5, 5.41) is 4.86. The third-order valence-electron chi connectivity index (χ3n) is 1.74. The maximum atomic E-state index is 11.5. The number of halogens is 2. The zero-order valence-corrected chi connectivity index (χ0v) is 10.1. The number of amides is 1. The van der Waals surface area contributed by atoms with E-state index in [0.29, 0.717) is 21.5 Å². The molecule has 14 heavy (non-hydrogen) atoms. The van der Waals surface area contributed by atoms with Gasteiger partial charge in [-0.1, -0.05) is 36.5 Å². The number of hydrogen-bond donors (Lipinski definition) is 1. The van der Waals surface area contributed by atoms with Gasteiger partial charge in [0.05, 0.1) is 10.6 Å². The van der Waals surface area contributed by atoms with Crippen LogP contribution in [-0.4, -0.2) is 12.5 Å². The van der Waals surface area contributed by atoms with Crippen molar-refractivity contribution in [2.24, 2.45) is 0 Å². The van der Waals surface area contributed by atoms with Gasteiger partial charge in [-0.25, -0.2) is 0 Å². The molecule has 1 aromatic rings. The highest BCUT2D eigenvalue weighted by Crippen LogP contribution is 2.30. The van der Waals surface area contributed by atoms with Crippen LogP contribution in [0, 0.1) is 0 Å². The van der Waals surface area contributed by atoms with Gasteiger partial charge >= 0.3 is 0 Å². The Labute approximate surface area is 97.2 Å². The summed E-state index contributed by atoms with van der Waals surface area (Å²) in [4.78, 5) is 11.5. The lowest BCUT2D eigenvalue weighted by Crippen LogP contribution is -2.24. The fourth-order valence-corrected chi connectivity index (χ4v) is 2.36. The summed E-state index contributed by atoms with van der Waals surface area (Å²) in [6.07, 6.45) is 2.01. The van der Waals surface area contributed by atoms with Crippen LogP contribution >= 0.6 is 34.5 Å². The van der Waals surface area contributed by atoms with Crippen LogP contribution in [0.25, 0.3) is 0 Å². The van der Waals surface area contributed by atoms with Gasteiger partial charge in [-0.05, 0) is 6.42 Å². The van der Waals surface area contributed by atoms with Gasteiger partial charge in [0.25, 0.3) is 5.91 Å². The van der Waals surface area contributed by atoms with Gasteiger partial charge in [-0.15, -0.1) is 11.3 Å². The second kappa shape index (κ2) is 5.59. The van der Waals surface area contributed by atoms with Gasteiger partial charge in [-0.2, -0.15) is 0 Å². The molecule has 0 unspecified atom stereocenters. The van der Waals surface area contributed by atoms with Gasteiger partial charge in [0.1, 0.15) is 4.34 Å². The minimum absolute atomic E-state index is 0.185. The molecule has 0 spiro atoms. The Morgan fingerprint density at radius 3 is 2.79 bits per heavy atom. The summed E-state index contributed by atoms with van der Waals surface area (Å²) in [5.74, 6) is -0.185. The van der Waals surface area contributed by atoms with Crippen LogP contribution in [0.15, 0.2) is 5.38 Å². The van der Waals surface area contributed by atoms with E-state index in [1.807, 2.05) is 0 Å². The van der Waals surface area contributed by atoms with Crippen LogP contribution in [0.4, 0.5) is 0 Å². The molecule has 1 heterocycles. The minimum atomic E-state index is -0.185. The average Bonchev–Trinajstić information content (AvgIpc) is 2.46. The molecular weight excluding hydrogens is 241 g/mol. The van der Waals surface area contributed by atoms with Gasteiger partial charge in [0, 0.05) is 11.9 Å². The van der Waals surface area contributed by atoms with E-state index in [4.69, 9.17) is 23.2 Å². The zero-order valence-electron chi connectivity index (χ0n) is 7.77. The Kier molecular flexibility index (Phi) is 4.72. The summed E-state index contributed by atoms with van der Waals surface area (Å²) >= 11 is 12.9. The summed E-state index contributed by atoms with van der Waals surface area (Å²) < 4.78 is 0.448. The quantitative estimate of drug-likeness (QED) is 0.815. The van der Waals surface area contributed by atoms with E-state index < -0.39 is 0 Å². The second-order valence-electron chi connectivity index (χ2n) is 2.84. The highest BCUT2D eigenvalue weighted by Gasteiger charge is 2.15. The van der Waals surface area contributed by atoms with E-state index in [2.05, 4.69) is 12.2 Å². The zero-order chi connectivity index (χ0) is 10.6. The Morgan fingerprint density at radius 1 is 1.57 bits per heavy atom. The van der Waals surface area contributed by atoms with Crippen LogP contribution in [0.5, 0.6) is 0 Å². The van der Waals surface area contributed by atoms with Crippen LogP contribution in [-0.2, 0) is 0 Å². The topological polar surface area (TPSA) is 29.1 Å². The monoisotopic (exact) mass is 251 g/mol. The summed E-state index contributed by atoms with van der Waals surface area (Å²) in [6.45, 7) is 2.73. The molecule has 0 saturated heterocycles. The first-order valence-corrected chi connectivity index (χ1v) is 6.01. The Morgan fingerprint density at radius 2 is 2.29 bits per heavy atom. The van der Waals surface area contributed by atoms with Gasteiger partial charge < -0.3 is 5.32 Å². The number of thiophene rings is 1. The third-order valence-corrected chi connectivity index (χ3v) is 3.39. The lowest BCUT2D eigenvalue weighted by atomic mass is 10.3. The van der Waals surface area contributed by atoms with Crippen LogP contribution in [0.3, 0.4) is 0 Å². The molecule has 0 aliphatic carbocycles. The van der Waals surface area contributed by atoms with Gasteiger partial charge in [0.15, 0.2) is 0 Å². The van der Waals surface area contributed by atoms with Crippen molar-refractivity contribution in [1.82, 2.24) is 5.32 Å². The molecule has 0 fully saturated rings.